The molecule has 0 aliphatic rings. The summed E-state index contributed by atoms with van der Waals surface area (Å²) in [5.74, 6) is -2.17. The summed E-state index contributed by atoms with van der Waals surface area (Å²) in [4.78, 5) is 23.1. The smallest absolute Gasteiger partial charge is 0.308 e. The molecule has 5 nitrogen and oxygen atoms in total. The number of para-hydroxylation sites is 1. The highest BCUT2D eigenvalue weighted by Crippen LogP contribution is 2.24. The molecule has 0 spiro atoms. The maximum absolute atomic E-state index is 11.9. The summed E-state index contributed by atoms with van der Waals surface area (Å²) in [6.45, 7) is 5.90. The van der Waals surface area contributed by atoms with E-state index in [9.17, 15) is 19.8 Å². The highest BCUT2D eigenvalue weighted by molar-refractivity contribution is 5.96. The number of nitrogens with one attached hydrogen (secondary N) is 1. The van der Waals surface area contributed by atoms with Gasteiger partial charge in [-0.1, -0.05) is 32.9 Å². The van der Waals surface area contributed by atoms with Crippen LogP contribution in [0.1, 0.15) is 37.6 Å². The van der Waals surface area contributed by atoms with Crippen molar-refractivity contribution >= 4 is 11.9 Å². The van der Waals surface area contributed by atoms with Crippen LogP contribution >= 0.6 is 0 Å². The summed E-state index contributed by atoms with van der Waals surface area (Å²) in [6.07, 6.45) is 0.462. The van der Waals surface area contributed by atoms with E-state index in [2.05, 4.69) is 5.32 Å². The molecule has 0 aliphatic heterocycles. The second-order valence-electron chi connectivity index (χ2n) is 6.03. The molecule has 0 aromatic heterocycles. The molecule has 0 saturated carbocycles. The molecule has 0 radical (unpaired) electrons. The molecule has 0 saturated heterocycles. The molecule has 0 heterocycles. The predicted molar refractivity (Wildman–Crippen MR) is 75.6 cm³/mol. The first-order chi connectivity index (χ1) is 9.20. The van der Waals surface area contributed by atoms with Crippen molar-refractivity contribution in [2.24, 2.45) is 11.3 Å². The molecule has 1 rings (SSSR count). The van der Waals surface area contributed by atoms with Gasteiger partial charge in [0.2, 0.25) is 0 Å². The van der Waals surface area contributed by atoms with E-state index in [0.717, 1.165) is 0 Å². The van der Waals surface area contributed by atoms with Crippen LogP contribution in [0.2, 0.25) is 0 Å². The number of hydrogen-bond donors (Lipinski definition) is 3. The van der Waals surface area contributed by atoms with E-state index in [1.807, 2.05) is 20.8 Å². The molecule has 1 amide bonds. The van der Waals surface area contributed by atoms with Crippen molar-refractivity contribution in [1.29, 1.82) is 0 Å². The first kappa shape index (κ1) is 16.0. The molecule has 1 unspecified atom stereocenters. The number of phenolic OH excluding ortho intramolecular Hbond substituents is 1. The van der Waals surface area contributed by atoms with Crippen LogP contribution in [0.15, 0.2) is 24.3 Å². The Bertz CT molecular complexity index is 491. The minimum absolute atomic E-state index is 0.0414. The zero-order valence-electron chi connectivity index (χ0n) is 12.0. The summed E-state index contributed by atoms with van der Waals surface area (Å²) in [5.41, 5.74) is 0.00950. The summed E-state index contributed by atoms with van der Waals surface area (Å²) in [6, 6.07) is 6.16. The molecule has 5 heteroatoms. The van der Waals surface area contributed by atoms with Crippen molar-refractivity contribution in [1.82, 2.24) is 5.32 Å². The number of carboxylic acid groups (broad SMARTS) is 1. The number of aliphatic carboxylic acids is 1. The number of amides is 1. The molecule has 1 aromatic carbocycles. The topological polar surface area (TPSA) is 86.6 Å². The monoisotopic (exact) mass is 279 g/mol. The van der Waals surface area contributed by atoms with Gasteiger partial charge in [-0.25, -0.2) is 0 Å². The Hall–Kier alpha value is -2.04. The first-order valence-corrected chi connectivity index (χ1v) is 6.50. The Morgan fingerprint density at radius 3 is 2.35 bits per heavy atom. The number of carbonyl (C=O) groups is 2. The summed E-state index contributed by atoms with van der Waals surface area (Å²) < 4.78 is 0. The second kappa shape index (κ2) is 6.41. The molecule has 1 atom stereocenters. The fourth-order valence-electron chi connectivity index (χ4n) is 1.96. The fourth-order valence-corrected chi connectivity index (χ4v) is 1.96. The highest BCUT2D eigenvalue weighted by Gasteiger charge is 2.25. The molecule has 3 N–H and O–H groups in total. The molecule has 0 bridgehead atoms. The van der Waals surface area contributed by atoms with Crippen molar-refractivity contribution in [3.63, 3.8) is 0 Å². The molecule has 0 aliphatic carbocycles. The van der Waals surface area contributed by atoms with Gasteiger partial charge in [0.15, 0.2) is 0 Å². The fraction of sp³-hybridized carbons (Fsp3) is 0.467. The summed E-state index contributed by atoms with van der Waals surface area (Å²) in [7, 11) is 0. The number of rotatable bonds is 5. The average Bonchev–Trinajstić information content (AvgIpc) is 2.33. The lowest BCUT2D eigenvalue weighted by atomic mass is 9.84. The van der Waals surface area contributed by atoms with Gasteiger partial charge in [-0.15, -0.1) is 0 Å². The number of carbonyl (C=O) groups excluding carboxylic acids is 1. The molecule has 110 valence electrons. The van der Waals surface area contributed by atoms with Crippen molar-refractivity contribution in [3.05, 3.63) is 29.8 Å². The maximum atomic E-state index is 11.9. The lowest BCUT2D eigenvalue weighted by Crippen LogP contribution is -2.35. The van der Waals surface area contributed by atoms with Gasteiger partial charge in [-0.3, -0.25) is 9.59 Å². The Labute approximate surface area is 118 Å². The number of aromatic hydroxyl groups is 1. The van der Waals surface area contributed by atoms with Crippen molar-refractivity contribution < 1.29 is 19.8 Å². The standard InChI is InChI=1S/C15H21NO4/c1-15(2,3)8-10(14(19)20)9-16-13(18)11-6-4-5-7-12(11)17/h4-7,10,17H,8-9H2,1-3H3,(H,16,18)(H,19,20). The third-order valence-corrected chi connectivity index (χ3v) is 2.87. The van der Waals surface area contributed by atoms with Gasteiger partial charge in [0.25, 0.3) is 5.91 Å². The van der Waals surface area contributed by atoms with Crippen LogP contribution in [0.3, 0.4) is 0 Å². The summed E-state index contributed by atoms with van der Waals surface area (Å²) >= 11 is 0. The zero-order valence-corrected chi connectivity index (χ0v) is 12.0. The Balaban J connectivity index is 2.67. The highest BCUT2D eigenvalue weighted by atomic mass is 16.4. The van der Waals surface area contributed by atoms with Crippen LogP contribution in [0.25, 0.3) is 0 Å². The Morgan fingerprint density at radius 2 is 1.85 bits per heavy atom. The minimum atomic E-state index is -0.933. The van der Waals surface area contributed by atoms with Gasteiger partial charge in [0, 0.05) is 6.54 Å². The van der Waals surface area contributed by atoms with Crippen LogP contribution in [-0.2, 0) is 4.79 Å². The predicted octanol–water partition coefficient (Wildman–Crippen LogP) is 2.26. The van der Waals surface area contributed by atoms with Crippen LogP contribution in [0.4, 0.5) is 0 Å². The van der Waals surface area contributed by atoms with Gasteiger partial charge in [0.05, 0.1) is 11.5 Å². The zero-order chi connectivity index (χ0) is 15.3. The quantitative estimate of drug-likeness (QED) is 0.771. The van der Waals surface area contributed by atoms with Crippen molar-refractivity contribution in [3.8, 4) is 5.75 Å². The lowest BCUT2D eigenvalue weighted by molar-refractivity contribution is -0.142. The van der Waals surface area contributed by atoms with Gasteiger partial charge in [0.1, 0.15) is 5.75 Å². The number of benzene rings is 1. The van der Waals surface area contributed by atoms with Gasteiger partial charge in [-0.2, -0.15) is 0 Å². The third-order valence-electron chi connectivity index (χ3n) is 2.87. The minimum Gasteiger partial charge on any atom is -0.507 e. The van der Waals surface area contributed by atoms with Crippen LogP contribution in [0, 0.1) is 11.3 Å². The Kier molecular flexibility index (Phi) is 5.13. The molecule has 1 aromatic rings. The lowest BCUT2D eigenvalue weighted by Gasteiger charge is -2.23. The van der Waals surface area contributed by atoms with E-state index in [0.29, 0.717) is 6.42 Å². The van der Waals surface area contributed by atoms with E-state index in [-0.39, 0.29) is 23.3 Å². The number of carboxylic acids is 1. The molecule has 0 fully saturated rings. The van der Waals surface area contributed by atoms with Crippen molar-refractivity contribution in [2.75, 3.05) is 6.54 Å². The van der Waals surface area contributed by atoms with Gasteiger partial charge >= 0.3 is 5.97 Å². The normalized spacial score (nSPS) is 12.8. The van der Waals surface area contributed by atoms with Crippen LogP contribution in [0.5, 0.6) is 5.75 Å². The van der Waals surface area contributed by atoms with E-state index < -0.39 is 17.8 Å². The number of hydrogen-bond acceptors (Lipinski definition) is 3. The SMILES string of the molecule is CC(C)(C)CC(CNC(=O)c1ccccc1O)C(=O)O. The molecular weight excluding hydrogens is 258 g/mol. The van der Waals surface area contributed by atoms with E-state index >= 15 is 0 Å². The van der Waals surface area contributed by atoms with E-state index in [1.54, 1.807) is 12.1 Å². The molecule has 20 heavy (non-hydrogen) atoms. The second-order valence-corrected chi connectivity index (χ2v) is 6.03. The first-order valence-electron chi connectivity index (χ1n) is 6.50. The average molecular weight is 279 g/mol. The van der Waals surface area contributed by atoms with Gasteiger partial charge < -0.3 is 15.5 Å². The molecular formula is C15H21NO4. The Morgan fingerprint density at radius 1 is 1.25 bits per heavy atom. The third kappa shape index (κ3) is 4.91. The maximum Gasteiger partial charge on any atom is 0.308 e. The van der Waals surface area contributed by atoms with Crippen LogP contribution in [-0.4, -0.2) is 28.6 Å². The largest absolute Gasteiger partial charge is 0.507 e. The number of phenols is 1. The summed E-state index contributed by atoms with van der Waals surface area (Å²) in [5, 5.41) is 21.3. The van der Waals surface area contributed by atoms with Crippen molar-refractivity contribution in [2.45, 2.75) is 27.2 Å². The van der Waals surface area contributed by atoms with E-state index in [1.165, 1.54) is 12.1 Å². The van der Waals surface area contributed by atoms with E-state index in [4.69, 9.17) is 0 Å². The van der Waals surface area contributed by atoms with Crippen LogP contribution < -0.4 is 5.32 Å². The van der Waals surface area contributed by atoms with Gasteiger partial charge in [-0.05, 0) is 24.0 Å².